The number of anilines is 4. The number of pyridine rings is 1. The first kappa shape index (κ1) is 23.0. The van der Waals surface area contributed by atoms with E-state index in [4.69, 9.17) is 20.9 Å². The summed E-state index contributed by atoms with van der Waals surface area (Å²) in [5.41, 5.74) is 9.00. The zero-order valence-electron chi connectivity index (χ0n) is 19.6. The van der Waals surface area contributed by atoms with Crippen LogP contribution in [-0.2, 0) is 9.53 Å². The van der Waals surface area contributed by atoms with Gasteiger partial charge in [-0.05, 0) is 49.1 Å². The zero-order valence-corrected chi connectivity index (χ0v) is 19.6. The Hall–Kier alpha value is -3.76. The second-order valence-electron chi connectivity index (χ2n) is 9.14. The van der Waals surface area contributed by atoms with Crippen LogP contribution >= 0.6 is 0 Å². The van der Waals surface area contributed by atoms with E-state index in [-0.39, 0.29) is 23.9 Å². The highest BCUT2D eigenvalue weighted by Gasteiger charge is 2.32. The van der Waals surface area contributed by atoms with E-state index >= 15 is 0 Å². The van der Waals surface area contributed by atoms with Crippen molar-refractivity contribution >= 4 is 35.3 Å². The first-order valence-corrected chi connectivity index (χ1v) is 11.8. The van der Waals surface area contributed by atoms with Crippen LogP contribution in [0.5, 0.6) is 0 Å². The smallest absolute Gasteiger partial charge is 0.227 e. The van der Waals surface area contributed by atoms with Crippen LogP contribution in [0.1, 0.15) is 25.3 Å². The van der Waals surface area contributed by atoms with Crippen LogP contribution in [0.4, 0.5) is 23.1 Å². The van der Waals surface area contributed by atoms with Gasteiger partial charge >= 0.3 is 0 Å². The number of amides is 1. The molecule has 6 N–H and O–H groups in total. The third-order valence-electron chi connectivity index (χ3n) is 6.61. The molecule has 0 radical (unpaired) electrons. The van der Waals surface area contributed by atoms with Gasteiger partial charge in [0.15, 0.2) is 0 Å². The fourth-order valence-corrected chi connectivity index (χ4v) is 4.54. The summed E-state index contributed by atoms with van der Waals surface area (Å²) >= 11 is 0. The third kappa shape index (κ3) is 4.89. The number of carbonyl (C=O) groups is 1. The average molecular weight is 475 g/mol. The summed E-state index contributed by atoms with van der Waals surface area (Å²) in [6.07, 6.45) is 4.44. The molecule has 3 aromatic rings. The normalized spacial score (nSPS) is 21.8. The molecule has 1 saturated heterocycles. The SMILES string of the molecule is C[C@@H]1COCCN1c1cc(-c2ccc(NC(=O)C3CC(N)C3)cc2)c(C=N)c(Nc2ccn[nH]2)n1. The largest absolute Gasteiger partial charge is 0.377 e. The fourth-order valence-electron chi connectivity index (χ4n) is 4.54. The molecule has 0 spiro atoms. The quantitative estimate of drug-likeness (QED) is 0.331. The molecule has 10 heteroatoms. The summed E-state index contributed by atoms with van der Waals surface area (Å²) < 4.78 is 5.61. The number of aromatic amines is 1. The van der Waals surface area contributed by atoms with Crippen LogP contribution in [0.3, 0.4) is 0 Å². The Morgan fingerprint density at radius 3 is 2.74 bits per heavy atom. The van der Waals surface area contributed by atoms with Gasteiger partial charge in [0.2, 0.25) is 5.91 Å². The van der Waals surface area contributed by atoms with Gasteiger partial charge in [0.05, 0.1) is 25.5 Å². The van der Waals surface area contributed by atoms with Crippen molar-refractivity contribution in [2.24, 2.45) is 11.7 Å². The molecule has 1 atom stereocenters. The van der Waals surface area contributed by atoms with E-state index in [2.05, 4.69) is 32.7 Å². The second kappa shape index (κ2) is 9.85. The predicted molar refractivity (Wildman–Crippen MR) is 136 cm³/mol. The Kier molecular flexibility index (Phi) is 6.47. The molecule has 1 aliphatic heterocycles. The number of nitrogens with two attached hydrogens (primary N) is 1. The van der Waals surface area contributed by atoms with Crippen LogP contribution < -0.4 is 21.3 Å². The lowest BCUT2D eigenvalue weighted by atomic mass is 9.80. The Morgan fingerprint density at radius 1 is 1.29 bits per heavy atom. The number of hydrogen-bond donors (Lipinski definition) is 5. The van der Waals surface area contributed by atoms with Crippen molar-refractivity contribution in [1.29, 1.82) is 5.41 Å². The molecule has 3 heterocycles. The summed E-state index contributed by atoms with van der Waals surface area (Å²) in [6.45, 7) is 4.11. The first-order valence-electron chi connectivity index (χ1n) is 11.8. The van der Waals surface area contributed by atoms with Crippen LogP contribution in [0.2, 0.25) is 0 Å². The standard InChI is InChI=1S/C25H30N8O2/c1-15-14-35-9-8-33(15)23-12-20(21(13-26)24(31-23)30-22-6-7-28-32-22)16-2-4-19(5-3-16)29-25(34)17-10-18(27)11-17/h2-7,12-13,15,17-18,26H,8-11,14,27H2,1H3,(H,29,34)(H2,28,30,31,32)/t15-,17?,18?/m1/s1. The molecule has 10 nitrogen and oxygen atoms in total. The number of nitrogens with zero attached hydrogens (tertiary/aromatic N) is 3. The van der Waals surface area contributed by atoms with Crippen molar-refractivity contribution in [3.63, 3.8) is 0 Å². The van der Waals surface area contributed by atoms with Gasteiger partial charge in [-0.15, -0.1) is 0 Å². The van der Waals surface area contributed by atoms with Crippen molar-refractivity contribution in [3.05, 3.63) is 48.2 Å². The number of morpholine rings is 1. The number of nitrogens with one attached hydrogen (secondary N) is 4. The van der Waals surface area contributed by atoms with Gasteiger partial charge in [-0.25, -0.2) is 4.98 Å². The molecule has 5 rings (SSSR count). The molecule has 1 aromatic carbocycles. The second-order valence-corrected chi connectivity index (χ2v) is 9.14. The van der Waals surface area contributed by atoms with Crippen LogP contribution in [0.15, 0.2) is 42.6 Å². The van der Waals surface area contributed by atoms with E-state index in [1.54, 1.807) is 6.20 Å². The van der Waals surface area contributed by atoms with Crippen molar-refractivity contribution in [2.45, 2.75) is 31.8 Å². The summed E-state index contributed by atoms with van der Waals surface area (Å²) in [4.78, 5) is 19.5. The molecule has 0 bridgehead atoms. The lowest BCUT2D eigenvalue weighted by molar-refractivity contribution is -0.122. The molecule has 182 valence electrons. The number of hydrogen-bond acceptors (Lipinski definition) is 8. The first-order chi connectivity index (χ1) is 17.0. The minimum Gasteiger partial charge on any atom is -0.377 e. The van der Waals surface area contributed by atoms with Crippen molar-refractivity contribution < 1.29 is 9.53 Å². The van der Waals surface area contributed by atoms with Gasteiger partial charge in [-0.1, -0.05) is 12.1 Å². The van der Waals surface area contributed by atoms with Crippen molar-refractivity contribution in [1.82, 2.24) is 15.2 Å². The molecule has 0 unspecified atom stereocenters. The topological polar surface area (TPSA) is 145 Å². The minimum absolute atomic E-state index is 0.0106. The summed E-state index contributed by atoms with van der Waals surface area (Å²) in [7, 11) is 0. The van der Waals surface area contributed by atoms with E-state index in [1.165, 1.54) is 6.21 Å². The lowest BCUT2D eigenvalue weighted by Crippen LogP contribution is -2.44. The van der Waals surface area contributed by atoms with Crippen LogP contribution in [0.25, 0.3) is 11.1 Å². The Balaban J connectivity index is 1.48. The summed E-state index contributed by atoms with van der Waals surface area (Å²) in [5.74, 6) is 2.06. The number of ether oxygens (including phenoxy) is 1. The average Bonchev–Trinajstić information content (AvgIpc) is 3.35. The van der Waals surface area contributed by atoms with Crippen LogP contribution in [0, 0.1) is 11.3 Å². The van der Waals surface area contributed by atoms with Crippen LogP contribution in [-0.4, -0.2) is 59.1 Å². The van der Waals surface area contributed by atoms with E-state index in [9.17, 15) is 4.79 Å². The van der Waals surface area contributed by atoms with Gasteiger partial charge in [0.1, 0.15) is 17.5 Å². The number of aromatic nitrogens is 3. The highest BCUT2D eigenvalue weighted by atomic mass is 16.5. The maximum atomic E-state index is 12.4. The molecular formula is C25H30N8O2. The maximum Gasteiger partial charge on any atom is 0.227 e. The maximum absolute atomic E-state index is 12.4. The molecular weight excluding hydrogens is 444 g/mol. The lowest BCUT2D eigenvalue weighted by Gasteiger charge is -2.35. The molecule has 1 saturated carbocycles. The van der Waals surface area contributed by atoms with E-state index in [1.807, 2.05) is 36.4 Å². The molecule has 1 amide bonds. The van der Waals surface area contributed by atoms with Crippen molar-refractivity contribution in [2.75, 3.05) is 35.3 Å². The number of carbonyl (C=O) groups excluding carboxylic acids is 1. The fraction of sp³-hybridized carbons (Fsp3) is 0.360. The predicted octanol–water partition coefficient (Wildman–Crippen LogP) is 3.11. The number of benzene rings is 1. The van der Waals surface area contributed by atoms with Gasteiger partial charge in [0.25, 0.3) is 0 Å². The molecule has 35 heavy (non-hydrogen) atoms. The number of H-pyrrole nitrogens is 1. The Labute approximate surface area is 203 Å². The van der Waals surface area contributed by atoms with E-state index in [0.29, 0.717) is 30.4 Å². The Bertz CT molecular complexity index is 1190. The van der Waals surface area contributed by atoms with E-state index in [0.717, 1.165) is 42.0 Å². The minimum atomic E-state index is -0.0106. The van der Waals surface area contributed by atoms with Gasteiger partial charge in [-0.2, -0.15) is 5.10 Å². The Morgan fingerprint density at radius 2 is 2.09 bits per heavy atom. The molecule has 2 aromatic heterocycles. The van der Waals surface area contributed by atoms with E-state index < -0.39 is 0 Å². The third-order valence-corrected chi connectivity index (χ3v) is 6.61. The molecule has 1 aliphatic carbocycles. The molecule has 2 fully saturated rings. The monoisotopic (exact) mass is 474 g/mol. The van der Waals surface area contributed by atoms with Crippen molar-refractivity contribution in [3.8, 4) is 11.1 Å². The summed E-state index contributed by atoms with van der Waals surface area (Å²) in [5, 5.41) is 21.3. The highest BCUT2D eigenvalue weighted by molar-refractivity contribution is 5.97. The van der Waals surface area contributed by atoms with Gasteiger partial charge < -0.3 is 31.4 Å². The summed E-state index contributed by atoms with van der Waals surface area (Å²) in [6, 6.07) is 11.8. The molecule has 2 aliphatic rings. The zero-order chi connectivity index (χ0) is 24.4. The van der Waals surface area contributed by atoms with Gasteiger partial charge in [0, 0.05) is 42.0 Å². The number of rotatable bonds is 7. The highest BCUT2D eigenvalue weighted by Crippen LogP contribution is 2.34. The van der Waals surface area contributed by atoms with Gasteiger partial charge in [-0.3, -0.25) is 9.89 Å².